The minimum absolute atomic E-state index is 0.113. The van der Waals surface area contributed by atoms with Gasteiger partial charge < -0.3 is 19.6 Å². The Labute approximate surface area is 151 Å². The molecule has 7 heteroatoms. The molecule has 0 unspecified atom stereocenters. The van der Waals surface area contributed by atoms with Gasteiger partial charge in [0.2, 0.25) is 0 Å². The average Bonchev–Trinajstić information content (AvgIpc) is 2.67. The van der Waals surface area contributed by atoms with Crippen molar-refractivity contribution < 1.29 is 19.4 Å². The van der Waals surface area contributed by atoms with Gasteiger partial charge in [0.1, 0.15) is 11.4 Å². The quantitative estimate of drug-likeness (QED) is 0.904. The van der Waals surface area contributed by atoms with Crippen LogP contribution in [-0.4, -0.2) is 60.2 Å². The number of pyridine rings is 1. The number of para-hydroxylation sites is 2. The molecule has 2 heterocycles. The number of amides is 1. The van der Waals surface area contributed by atoms with Gasteiger partial charge in [-0.05, 0) is 31.2 Å². The van der Waals surface area contributed by atoms with Crippen molar-refractivity contribution in [3.8, 4) is 5.75 Å². The monoisotopic (exact) mass is 355 g/mol. The van der Waals surface area contributed by atoms with Crippen LogP contribution in [0.15, 0.2) is 36.4 Å². The Morgan fingerprint density at radius 1 is 1.08 bits per heavy atom. The summed E-state index contributed by atoms with van der Waals surface area (Å²) in [7, 11) is 1.65. The van der Waals surface area contributed by atoms with Crippen LogP contribution in [0.4, 0.5) is 5.69 Å². The molecule has 1 fully saturated rings. The smallest absolute Gasteiger partial charge is 0.337 e. The van der Waals surface area contributed by atoms with E-state index in [1.807, 2.05) is 24.3 Å². The standard InChI is InChI=1S/C19H21N3O4/c1-13-14(19(24)25)7-8-15(20-13)18(23)22-11-9-21(10-12-22)16-5-3-4-6-17(16)26-2/h3-8H,9-12H2,1-2H3,(H,24,25). The fourth-order valence-corrected chi connectivity index (χ4v) is 3.11. The third kappa shape index (κ3) is 3.46. The highest BCUT2D eigenvalue weighted by Gasteiger charge is 2.25. The molecule has 136 valence electrons. The van der Waals surface area contributed by atoms with Gasteiger partial charge in [-0.3, -0.25) is 4.79 Å². The van der Waals surface area contributed by atoms with Crippen molar-refractivity contribution in [3.05, 3.63) is 53.3 Å². The normalized spacial score (nSPS) is 14.2. The number of aromatic carboxylic acids is 1. The second kappa shape index (κ2) is 7.43. The van der Waals surface area contributed by atoms with E-state index in [4.69, 9.17) is 9.84 Å². The van der Waals surface area contributed by atoms with Crippen molar-refractivity contribution in [2.75, 3.05) is 38.2 Å². The van der Waals surface area contributed by atoms with Crippen LogP contribution in [0.1, 0.15) is 26.5 Å². The largest absolute Gasteiger partial charge is 0.495 e. The first-order chi connectivity index (χ1) is 12.5. The summed E-state index contributed by atoms with van der Waals surface area (Å²) in [6.07, 6.45) is 0. The second-order valence-corrected chi connectivity index (χ2v) is 6.09. The Balaban J connectivity index is 1.69. The highest BCUT2D eigenvalue weighted by molar-refractivity contribution is 5.94. The number of carboxylic acid groups (broad SMARTS) is 1. The van der Waals surface area contributed by atoms with E-state index < -0.39 is 5.97 Å². The molecule has 0 saturated carbocycles. The molecule has 1 aromatic carbocycles. The van der Waals surface area contributed by atoms with Gasteiger partial charge >= 0.3 is 5.97 Å². The molecule has 0 atom stereocenters. The highest BCUT2D eigenvalue weighted by Crippen LogP contribution is 2.28. The van der Waals surface area contributed by atoms with E-state index in [1.54, 1.807) is 18.9 Å². The minimum Gasteiger partial charge on any atom is -0.495 e. The lowest BCUT2D eigenvalue weighted by Gasteiger charge is -2.36. The number of hydrogen-bond donors (Lipinski definition) is 1. The molecular formula is C19H21N3O4. The highest BCUT2D eigenvalue weighted by atomic mass is 16.5. The van der Waals surface area contributed by atoms with Crippen LogP contribution in [0, 0.1) is 6.92 Å². The number of carbonyl (C=O) groups is 2. The van der Waals surface area contributed by atoms with Crippen molar-refractivity contribution in [2.45, 2.75) is 6.92 Å². The average molecular weight is 355 g/mol. The molecule has 1 saturated heterocycles. The van der Waals surface area contributed by atoms with Crippen LogP contribution in [0.25, 0.3) is 0 Å². The summed E-state index contributed by atoms with van der Waals surface area (Å²) < 4.78 is 5.41. The lowest BCUT2D eigenvalue weighted by molar-refractivity contribution is 0.0690. The molecule has 0 radical (unpaired) electrons. The van der Waals surface area contributed by atoms with E-state index in [1.165, 1.54) is 12.1 Å². The van der Waals surface area contributed by atoms with Gasteiger partial charge in [-0.25, -0.2) is 9.78 Å². The number of aryl methyl sites for hydroxylation is 1. The number of carboxylic acids is 1. The number of nitrogens with zero attached hydrogens (tertiary/aromatic N) is 3. The summed E-state index contributed by atoms with van der Waals surface area (Å²) in [5.74, 6) is -0.405. The maximum Gasteiger partial charge on any atom is 0.337 e. The molecule has 2 aromatic rings. The van der Waals surface area contributed by atoms with Gasteiger partial charge in [-0.1, -0.05) is 12.1 Å². The van der Waals surface area contributed by atoms with E-state index >= 15 is 0 Å². The molecule has 0 aliphatic carbocycles. The Hall–Kier alpha value is -3.09. The number of anilines is 1. The molecular weight excluding hydrogens is 334 g/mol. The first-order valence-corrected chi connectivity index (χ1v) is 8.39. The summed E-state index contributed by atoms with van der Waals surface area (Å²) in [6, 6.07) is 10.7. The van der Waals surface area contributed by atoms with Gasteiger partial charge in [0.25, 0.3) is 5.91 Å². The number of aromatic nitrogens is 1. The molecule has 26 heavy (non-hydrogen) atoms. The molecule has 1 N–H and O–H groups in total. The van der Waals surface area contributed by atoms with Gasteiger partial charge in [0.15, 0.2) is 0 Å². The number of piperazine rings is 1. The summed E-state index contributed by atoms with van der Waals surface area (Å²) in [6.45, 7) is 4.12. The number of rotatable bonds is 4. The maximum absolute atomic E-state index is 12.7. The molecule has 1 amide bonds. The van der Waals surface area contributed by atoms with Crippen molar-refractivity contribution in [1.82, 2.24) is 9.88 Å². The zero-order valence-electron chi connectivity index (χ0n) is 14.8. The van der Waals surface area contributed by atoms with Gasteiger partial charge in [-0.15, -0.1) is 0 Å². The third-order valence-corrected chi connectivity index (χ3v) is 4.53. The van der Waals surface area contributed by atoms with Crippen molar-refractivity contribution >= 4 is 17.6 Å². The zero-order valence-corrected chi connectivity index (χ0v) is 14.8. The Morgan fingerprint density at radius 2 is 1.77 bits per heavy atom. The maximum atomic E-state index is 12.7. The lowest BCUT2D eigenvalue weighted by Crippen LogP contribution is -2.49. The van der Waals surface area contributed by atoms with Crippen LogP contribution < -0.4 is 9.64 Å². The second-order valence-electron chi connectivity index (χ2n) is 6.09. The van der Waals surface area contributed by atoms with Crippen LogP contribution in [0.3, 0.4) is 0 Å². The molecule has 1 aromatic heterocycles. The zero-order chi connectivity index (χ0) is 18.7. The number of hydrogen-bond acceptors (Lipinski definition) is 5. The van der Waals surface area contributed by atoms with E-state index in [2.05, 4.69) is 9.88 Å². The molecule has 1 aliphatic rings. The topological polar surface area (TPSA) is 83.0 Å². The summed E-state index contributed by atoms with van der Waals surface area (Å²) in [5, 5.41) is 9.07. The van der Waals surface area contributed by atoms with E-state index in [0.29, 0.717) is 31.9 Å². The van der Waals surface area contributed by atoms with E-state index in [-0.39, 0.29) is 17.2 Å². The summed E-state index contributed by atoms with van der Waals surface area (Å²) >= 11 is 0. The fraction of sp³-hybridized carbons (Fsp3) is 0.316. The number of methoxy groups -OCH3 is 1. The van der Waals surface area contributed by atoms with Gasteiger partial charge in [0, 0.05) is 26.2 Å². The number of carbonyl (C=O) groups excluding carboxylic acids is 1. The van der Waals surface area contributed by atoms with E-state index in [0.717, 1.165) is 11.4 Å². The molecule has 0 bridgehead atoms. The Bertz CT molecular complexity index is 829. The Morgan fingerprint density at radius 3 is 2.38 bits per heavy atom. The summed E-state index contributed by atoms with van der Waals surface area (Å²) in [5.41, 5.74) is 1.75. The van der Waals surface area contributed by atoms with Gasteiger partial charge in [-0.2, -0.15) is 0 Å². The lowest BCUT2D eigenvalue weighted by atomic mass is 10.1. The van der Waals surface area contributed by atoms with Crippen LogP contribution >= 0.6 is 0 Å². The minimum atomic E-state index is -1.04. The van der Waals surface area contributed by atoms with E-state index in [9.17, 15) is 9.59 Å². The van der Waals surface area contributed by atoms with Crippen molar-refractivity contribution in [2.24, 2.45) is 0 Å². The fourth-order valence-electron chi connectivity index (χ4n) is 3.11. The van der Waals surface area contributed by atoms with Crippen molar-refractivity contribution in [3.63, 3.8) is 0 Å². The van der Waals surface area contributed by atoms with Gasteiger partial charge in [0.05, 0.1) is 24.1 Å². The molecule has 7 nitrogen and oxygen atoms in total. The van der Waals surface area contributed by atoms with Crippen molar-refractivity contribution in [1.29, 1.82) is 0 Å². The Kier molecular flexibility index (Phi) is 5.06. The van der Waals surface area contributed by atoms with Crippen LogP contribution in [0.5, 0.6) is 5.75 Å². The first-order valence-electron chi connectivity index (χ1n) is 8.39. The number of benzene rings is 1. The predicted molar refractivity (Wildman–Crippen MR) is 97.0 cm³/mol. The van der Waals surface area contributed by atoms with Crippen LogP contribution in [-0.2, 0) is 0 Å². The predicted octanol–water partition coefficient (Wildman–Crippen LogP) is 2.06. The molecule has 1 aliphatic heterocycles. The number of ether oxygens (including phenoxy) is 1. The molecule has 0 spiro atoms. The molecule has 3 rings (SSSR count). The summed E-state index contributed by atoms with van der Waals surface area (Å²) in [4.78, 5) is 31.9. The van der Waals surface area contributed by atoms with Crippen LogP contribution in [0.2, 0.25) is 0 Å². The third-order valence-electron chi connectivity index (χ3n) is 4.53. The SMILES string of the molecule is COc1ccccc1N1CCN(C(=O)c2ccc(C(=O)O)c(C)n2)CC1. The first kappa shape index (κ1) is 17.7.